The van der Waals surface area contributed by atoms with Crippen molar-refractivity contribution < 1.29 is 0 Å². The van der Waals surface area contributed by atoms with Crippen molar-refractivity contribution in [2.75, 3.05) is 17.2 Å². The lowest BCUT2D eigenvalue weighted by atomic mass is 10.2. The van der Waals surface area contributed by atoms with Gasteiger partial charge in [0, 0.05) is 13.1 Å². The molecule has 0 atom stereocenters. The molecular weight excluding hydrogens is 238 g/mol. The van der Waals surface area contributed by atoms with E-state index >= 15 is 0 Å². The van der Waals surface area contributed by atoms with Crippen molar-refractivity contribution in [1.29, 1.82) is 0 Å². The molecule has 19 heavy (non-hydrogen) atoms. The fraction of sp³-hybridized carbons (Fsp3) is 0.357. The Morgan fingerprint density at radius 3 is 2.63 bits per heavy atom. The van der Waals surface area contributed by atoms with Crippen molar-refractivity contribution in [2.24, 2.45) is 5.92 Å². The highest BCUT2D eigenvalue weighted by molar-refractivity contribution is 5.37. The van der Waals surface area contributed by atoms with Crippen molar-refractivity contribution in [3.8, 4) is 0 Å². The molecular formula is C14H19N5. The van der Waals surface area contributed by atoms with Gasteiger partial charge in [-0.1, -0.05) is 44.2 Å². The molecule has 2 rings (SSSR count). The second kappa shape index (κ2) is 6.68. The number of rotatable bonds is 6. The van der Waals surface area contributed by atoms with Crippen LogP contribution in [0.5, 0.6) is 0 Å². The van der Waals surface area contributed by atoms with E-state index in [0.717, 1.165) is 12.4 Å². The first-order valence-electron chi connectivity index (χ1n) is 6.45. The molecule has 0 saturated heterocycles. The lowest BCUT2D eigenvalue weighted by molar-refractivity contribution is 0.686. The van der Waals surface area contributed by atoms with E-state index in [9.17, 15) is 0 Å². The van der Waals surface area contributed by atoms with Gasteiger partial charge in [-0.15, -0.1) is 5.10 Å². The lowest BCUT2D eigenvalue weighted by Crippen LogP contribution is -2.11. The van der Waals surface area contributed by atoms with Crippen molar-refractivity contribution >= 4 is 11.8 Å². The van der Waals surface area contributed by atoms with Gasteiger partial charge in [0.2, 0.25) is 5.95 Å². The number of hydrogen-bond acceptors (Lipinski definition) is 5. The zero-order valence-electron chi connectivity index (χ0n) is 11.3. The van der Waals surface area contributed by atoms with E-state index in [-0.39, 0.29) is 0 Å². The predicted molar refractivity (Wildman–Crippen MR) is 76.9 cm³/mol. The molecule has 0 unspecified atom stereocenters. The third kappa shape index (κ3) is 4.54. The van der Waals surface area contributed by atoms with Gasteiger partial charge in [-0.05, 0) is 11.5 Å². The van der Waals surface area contributed by atoms with Crippen LogP contribution in [-0.4, -0.2) is 21.7 Å². The summed E-state index contributed by atoms with van der Waals surface area (Å²) in [4.78, 5) is 4.36. The van der Waals surface area contributed by atoms with Crippen LogP contribution in [-0.2, 0) is 6.54 Å². The molecule has 0 radical (unpaired) electrons. The SMILES string of the molecule is CC(C)CNc1cnnc(NCc2ccccc2)n1. The predicted octanol–water partition coefficient (Wildman–Crippen LogP) is 2.55. The Morgan fingerprint density at radius 2 is 1.89 bits per heavy atom. The maximum Gasteiger partial charge on any atom is 0.244 e. The molecule has 1 aromatic heterocycles. The summed E-state index contributed by atoms with van der Waals surface area (Å²) in [6.07, 6.45) is 1.63. The van der Waals surface area contributed by atoms with E-state index in [1.165, 1.54) is 5.56 Å². The minimum atomic E-state index is 0.539. The highest BCUT2D eigenvalue weighted by Crippen LogP contribution is 2.06. The molecule has 5 heteroatoms. The molecule has 2 aromatic rings. The van der Waals surface area contributed by atoms with Gasteiger partial charge in [-0.3, -0.25) is 0 Å². The van der Waals surface area contributed by atoms with Crippen molar-refractivity contribution in [2.45, 2.75) is 20.4 Å². The van der Waals surface area contributed by atoms with Crippen molar-refractivity contribution in [3.63, 3.8) is 0 Å². The average Bonchev–Trinajstić information content (AvgIpc) is 2.44. The minimum Gasteiger partial charge on any atom is -0.368 e. The zero-order valence-corrected chi connectivity index (χ0v) is 11.3. The summed E-state index contributed by atoms with van der Waals surface area (Å²) in [5.74, 6) is 1.85. The van der Waals surface area contributed by atoms with Crippen LogP contribution < -0.4 is 10.6 Å². The second-order valence-corrected chi connectivity index (χ2v) is 4.78. The Hall–Kier alpha value is -2.17. The summed E-state index contributed by atoms with van der Waals surface area (Å²) in [6, 6.07) is 10.1. The lowest BCUT2D eigenvalue weighted by Gasteiger charge is -2.09. The van der Waals surface area contributed by atoms with E-state index < -0.39 is 0 Å². The van der Waals surface area contributed by atoms with Gasteiger partial charge in [-0.25, -0.2) is 0 Å². The summed E-state index contributed by atoms with van der Waals surface area (Å²) in [5.41, 5.74) is 1.19. The molecule has 0 fully saturated rings. The Kier molecular flexibility index (Phi) is 4.66. The summed E-state index contributed by atoms with van der Waals surface area (Å²) < 4.78 is 0. The maximum absolute atomic E-state index is 4.36. The molecule has 0 saturated carbocycles. The van der Waals surface area contributed by atoms with Gasteiger partial charge in [0.15, 0.2) is 5.82 Å². The molecule has 1 heterocycles. The van der Waals surface area contributed by atoms with E-state index in [0.29, 0.717) is 18.4 Å². The third-order valence-electron chi connectivity index (χ3n) is 2.54. The standard InChI is InChI=1S/C14H19N5/c1-11(2)8-15-13-10-17-19-14(18-13)16-9-12-6-4-3-5-7-12/h3-7,10-11H,8-9H2,1-2H3,(H2,15,16,18,19). The van der Waals surface area contributed by atoms with Crippen LogP contribution >= 0.6 is 0 Å². The average molecular weight is 257 g/mol. The van der Waals surface area contributed by atoms with Gasteiger partial charge in [-0.2, -0.15) is 10.1 Å². The van der Waals surface area contributed by atoms with Crippen LogP contribution in [0.25, 0.3) is 0 Å². The number of anilines is 2. The van der Waals surface area contributed by atoms with E-state index in [4.69, 9.17) is 0 Å². The van der Waals surface area contributed by atoms with Crippen LogP contribution in [0, 0.1) is 5.92 Å². The number of nitrogens with one attached hydrogen (secondary N) is 2. The molecule has 0 aliphatic rings. The van der Waals surface area contributed by atoms with Gasteiger partial charge in [0.25, 0.3) is 0 Å². The van der Waals surface area contributed by atoms with Gasteiger partial charge < -0.3 is 10.6 Å². The monoisotopic (exact) mass is 257 g/mol. The maximum atomic E-state index is 4.36. The van der Waals surface area contributed by atoms with Crippen LogP contribution in [0.2, 0.25) is 0 Å². The number of hydrogen-bond donors (Lipinski definition) is 2. The molecule has 100 valence electrons. The highest BCUT2D eigenvalue weighted by atomic mass is 15.3. The van der Waals surface area contributed by atoms with E-state index in [1.807, 2.05) is 18.2 Å². The quantitative estimate of drug-likeness (QED) is 0.832. The van der Waals surface area contributed by atoms with E-state index in [1.54, 1.807) is 6.20 Å². The molecule has 2 N–H and O–H groups in total. The molecule has 5 nitrogen and oxygen atoms in total. The minimum absolute atomic E-state index is 0.539. The molecule has 0 bridgehead atoms. The summed E-state index contributed by atoms with van der Waals surface area (Å²) in [7, 11) is 0. The van der Waals surface area contributed by atoms with Gasteiger partial charge in [0.05, 0.1) is 6.20 Å². The first-order valence-corrected chi connectivity index (χ1v) is 6.45. The molecule has 0 aliphatic heterocycles. The molecule has 0 amide bonds. The molecule has 0 spiro atoms. The van der Waals surface area contributed by atoms with E-state index in [2.05, 4.69) is 51.8 Å². The Morgan fingerprint density at radius 1 is 1.11 bits per heavy atom. The van der Waals surface area contributed by atoms with Crippen molar-refractivity contribution in [3.05, 3.63) is 42.1 Å². The van der Waals surface area contributed by atoms with Crippen LogP contribution in [0.4, 0.5) is 11.8 Å². The topological polar surface area (TPSA) is 62.7 Å². The Balaban J connectivity index is 1.91. The first-order chi connectivity index (χ1) is 9.24. The summed E-state index contributed by atoms with van der Waals surface area (Å²) in [6.45, 7) is 5.86. The highest BCUT2D eigenvalue weighted by Gasteiger charge is 2.01. The van der Waals surface area contributed by atoms with Crippen LogP contribution in [0.15, 0.2) is 36.5 Å². The smallest absolute Gasteiger partial charge is 0.244 e. The van der Waals surface area contributed by atoms with Gasteiger partial charge in [0.1, 0.15) is 0 Å². The summed E-state index contributed by atoms with van der Waals surface area (Å²) >= 11 is 0. The number of nitrogens with zero attached hydrogens (tertiary/aromatic N) is 3. The first kappa shape index (κ1) is 13.3. The molecule has 1 aromatic carbocycles. The fourth-order valence-electron chi connectivity index (χ4n) is 1.55. The van der Waals surface area contributed by atoms with Crippen molar-refractivity contribution in [1.82, 2.24) is 15.2 Å². The van der Waals surface area contributed by atoms with Crippen LogP contribution in [0.1, 0.15) is 19.4 Å². The number of benzene rings is 1. The Labute approximate surface area is 113 Å². The Bertz CT molecular complexity index is 498. The van der Waals surface area contributed by atoms with Gasteiger partial charge >= 0.3 is 0 Å². The largest absolute Gasteiger partial charge is 0.368 e. The second-order valence-electron chi connectivity index (χ2n) is 4.78. The zero-order chi connectivity index (χ0) is 13.5. The molecule has 0 aliphatic carbocycles. The number of aromatic nitrogens is 3. The summed E-state index contributed by atoms with van der Waals surface area (Å²) in [5, 5.41) is 14.3. The fourth-order valence-corrected chi connectivity index (χ4v) is 1.55. The normalized spacial score (nSPS) is 10.5. The third-order valence-corrected chi connectivity index (χ3v) is 2.54. The van der Waals surface area contributed by atoms with Crippen LogP contribution in [0.3, 0.4) is 0 Å².